The molecule has 9 atom stereocenters. The maximum absolute atomic E-state index is 10.4. The van der Waals surface area contributed by atoms with E-state index in [2.05, 4.69) is 4.74 Å². The standard InChI is InChI=1S/C12H18O13/c13-1-4-6(16)7(17)8(3-15,21-4)23-12-11(20,25-12)10(19)9(18,24-10)5(2-14)22-12/h4-7,13-20H,1-3H2/t4-,5-,6-,7+,8?,9+,10-,11+,12-/m1/s1. The number of hydrogen-bond acceptors (Lipinski definition) is 13. The van der Waals surface area contributed by atoms with E-state index in [4.69, 9.17) is 24.1 Å². The molecule has 4 aliphatic heterocycles. The second-order valence-corrected chi connectivity index (χ2v) is 6.38. The van der Waals surface area contributed by atoms with Crippen molar-refractivity contribution in [3.8, 4) is 0 Å². The van der Waals surface area contributed by atoms with Crippen molar-refractivity contribution in [1.29, 1.82) is 0 Å². The van der Waals surface area contributed by atoms with Gasteiger partial charge in [0.05, 0.1) is 13.2 Å². The largest absolute Gasteiger partial charge is 0.394 e. The predicted octanol–water partition coefficient (Wildman–Crippen LogP) is -6.02. The molecule has 0 radical (unpaired) electrons. The SMILES string of the molecule is OC[C@H]1OC(CO)(O[C@]23O[C@H](CO)[C@]4(O)O[C@@]4(O)[C@]2(O)O3)[C@@H](O)[C@@H]1O. The summed E-state index contributed by atoms with van der Waals surface area (Å²) >= 11 is 0. The molecule has 0 aromatic heterocycles. The number of hydrogen-bond donors (Lipinski definition) is 8. The summed E-state index contributed by atoms with van der Waals surface area (Å²) in [6.45, 7) is -2.67. The van der Waals surface area contributed by atoms with Gasteiger partial charge < -0.3 is 55.1 Å². The van der Waals surface area contributed by atoms with Crippen LogP contribution in [0.5, 0.6) is 0 Å². The Balaban J connectivity index is 1.65. The minimum absolute atomic E-state index is 0.728. The molecule has 4 heterocycles. The Kier molecular flexibility index (Phi) is 3.46. The average molecular weight is 370 g/mol. The summed E-state index contributed by atoms with van der Waals surface area (Å²) < 4.78 is 25.1. The molecule has 8 N–H and O–H groups in total. The molecule has 144 valence electrons. The highest BCUT2D eigenvalue weighted by molar-refractivity contribution is 5.26. The van der Waals surface area contributed by atoms with Crippen molar-refractivity contribution in [1.82, 2.24) is 0 Å². The van der Waals surface area contributed by atoms with Gasteiger partial charge in [-0.3, -0.25) is 9.47 Å². The lowest BCUT2D eigenvalue weighted by Gasteiger charge is -2.36. The zero-order valence-electron chi connectivity index (χ0n) is 12.5. The Morgan fingerprint density at radius 3 is 2.08 bits per heavy atom. The van der Waals surface area contributed by atoms with Crippen LogP contribution in [0, 0.1) is 0 Å². The third-order valence-electron chi connectivity index (χ3n) is 4.97. The Bertz CT molecular complexity index is 589. The first-order chi connectivity index (χ1) is 11.6. The molecule has 0 aromatic carbocycles. The van der Waals surface area contributed by atoms with Crippen LogP contribution in [0.4, 0.5) is 0 Å². The monoisotopic (exact) mass is 370 g/mol. The first kappa shape index (κ1) is 17.9. The predicted molar refractivity (Wildman–Crippen MR) is 66.6 cm³/mol. The van der Waals surface area contributed by atoms with Gasteiger partial charge in [-0.15, -0.1) is 0 Å². The van der Waals surface area contributed by atoms with E-state index < -0.39 is 73.4 Å². The first-order valence-corrected chi connectivity index (χ1v) is 7.40. The normalized spacial score (nSPS) is 62.4. The van der Waals surface area contributed by atoms with Gasteiger partial charge in [-0.1, -0.05) is 0 Å². The van der Waals surface area contributed by atoms with Gasteiger partial charge >= 0.3 is 11.8 Å². The molecule has 0 saturated carbocycles. The van der Waals surface area contributed by atoms with E-state index >= 15 is 0 Å². The quantitative estimate of drug-likeness (QED) is 0.212. The second-order valence-electron chi connectivity index (χ2n) is 6.38. The first-order valence-electron chi connectivity index (χ1n) is 7.40. The van der Waals surface area contributed by atoms with E-state index in [1.54, 1.807) is 0 Å². The van der Waals surface area contributed by atoms with Crippen LogP contribution in [-0.2, 0) is 23.7 Å². The minimum Gasteiger partial charge on any atom is -0.394 e. The van der Waals surface area contributed by atoms with Crippen molar-refractivity contribution in [2.24, 2.45) is 0 Å². The number of aliphatic hydroxyl groups is 8. The molecule has 4 rings (SSSR count). The van der Waals surface area contributed by atoms with E-state index in [1.807, 2.05) is 0 Å². The van der Waals surface area contributed by atoms with Crippen molar-refractivity contribution in [2.75, 3.05) is 19.8 Å². The molecule has 13 heteroatoms. The van der Waals surface area contributed by atoms with Crippen molar-refractivity contribution in [3.63, 3.8) is 0 Å². The van der Waals surface area contributed by atoms with Crippen molar-refractivity contribution in [3.05, 3.63) is 0 Å². The maximum Gasteiger partial charge on any atom is 0.352 e. The fraction of sp³-hybridized carbons (Fsp3) is 1.00. The smallest absolute Gasteiger partial charge is 0.352 e. The third-order valence-corrected chi connectivity index (χ3v) is 4.97. The number of fused-ring (bicyclic) bond motifs is 3. The molecule has 0 spiro atoms. The van der Waals surface area contributed by atoms with Crippen molar-refractivity contribution >= 4 is 0 Å². The van der Waals surface area contributed by atoms with Crippen LogP contribution in [0.1, 0.15) is 0 Å². The molecule has 4 saturated heterocycles. The molecular formula is C12H18O13. The van der Waals surface area contributed by atoms with Crippen LogP contribution in [-0.4, -0.2) is 114 Å². The summed E-state index contributed by atoms with van der Waals surface area (Å²) in [7, 11) is 0. The Morgan fingerprint density at radius 2 is 1.56 bits per heavy atom. The lowest BCUT2D eigenvalue weighted by molar-refractivity contribution is -0.401. The molecule has 0 amide bonds. The fourth-order valence-electron chi connectivity index (χ4n) is 3.37. The average Bonchev–Trinajstić information content (AvgIpc) is 3.36. The van der Waals surface area contributed by atoms with Crippen molar-refractivity contribution < 1.29 is 64.5 Å². The summed E-state index contributed by atoms with van der Waals surface area (Å²) in [6, 6.07) is 0. The number of epoxide rings is 2. The van der Waals surface area contributed by atoms with Crippen LogP contribution >= 0.6 is 0 Å². The molecule has 25 heavy (non-hydrogen) atoms. The molecular weight excluding hydrogens is 352 g/mol. The zero-order valence-corrected chi connectivity index (χ0v) is 12.5. The minimum atomic E-state index is -2.77. The molecule has 0 bridgehead atoms. The highest BCUT2D eigenvalue weighted by atomic mass is 17.1. The van der Waals surface area contributed by atoms with Crippen molar-refractivity contribution in [2.45, 2.75) is 53.5 Å². The second kappa shape index (κ2) is 4.85. The summed E-state index contributed by atoms with van der Waals surface area (Å²) in [5.74, 6) is -12.9. The van der Waals surface area contributed by atoms with Crippen LogP contribution < -0.4 is 0 Å². The van der Waals surface area contributed by atoms with Gasteiger partial charge in [-0.25, -0.2) is 0 Å². The van der Waals surface area contributed by atoms with Gasteiger partial charge in [-0.2, -0.15) is 0 Å². The lowest BCUT2D eigenvalue weighted by Crippen LogP contribution is -2.62. The molecule has 13 nitrogen and oxygen atoms in total. The fourth-order valence-corrected chi connectivity index (χ4v) is 3.37. The van der Waals surface area contributed by atoms with E-state index in [1.165, 1.54) is 0 Å². The van der Waals surface area contributed by atoms with Gasteiger partial charge in [0.25, 0.3) is 11.6 Å². The van der Waals surface area contributed by atoms with Crippen LogP contribution in [0.15, 0.2) is 0 Å². The number of aliphatic hydroxyl groups excluding tert-OH is 5. The van der Waals surface area contributed by atoms with Gasteiger partial charge in [-0.05, 0) is 0 Å². The molecule has 4 fully saturated rings. The molecule has 4 aliphatic rings. The van der Waals surface area contributed by atoms with E-state index in [9.17, 15) is 35.7 Å². The molecule has 0 aromatic rings. The third kappa shape index (κ3) is 1.80. The number of rotatable bonds is 5. The summed E-state index contributed by atoms with van der Waals surface area (Å²) in [5, 5.41) is 78.6. The van der Waals surface area contributed by atoms with Gasteiger partial charge in [0, 0.05) is 0 Å². The van der Waals surface area contributed by atoms with Crippen LogP contribution in [0.2, 0.25) is 0 Å². The number of ether oxygens (including phenoxy) is 5. The zero-order chi connectivity index (χ0) is 18.5. The Morgan fingerprint density at radius 1 is 0.880 bits per heavy atom. The summed E-state index contributed by atoms with van der Waals surface area (Å²) in [5.41, 5.74) is 0. The lowest BCUT2D eigenvalue weighted by atomic mass is 9.98. The maximum atomic E-state index is 10.4. The Hall–Kier alpha value is -0.520. The molecule has 1 unspecified atom stereocenters. The van der Waals surface area contributed by atoms with E-state index in [-0.39, 0.29) is 0 Å². The topological polar surface area (TPSA) is 215 Å². The van der Waals surface area contributed by atoms with Gasteiger partial charge in [0.15, 0.2) is 0 Å². The molecule has 0 aliphatic carbocycles. The Labute approximate surface area is 139 Å². The van der Waals surface area contributed by atoms with Crippen LogP contribution in [0.25, 0.3) is 0 Å². The van der Waals surface area contributed by atoms with E-state index in [0.717, 1.165) is 0 Å². The summed E-state index contributed by atoms with van der Waals surface area (Å²) in [4.78, 5) is 0. The highest BCUT2D eigenvalue weighted by Crippen LogP contribution is 2.71. The van der Waals surface area contributed by atoms with Crippen LogP contribution in [0.3, 0.4) is 0 Å². The summed E-state index contributed by atoms with van der Waals surface area (Å²) in [6.07, 6.45) is -6.51. The van der Waals surface area contributed by atoms with Gasteiger partial charge in [0.2, 0.25) is 5.79 Å². The van der Waals surface area contributed by atoms with Gasteiger partial charge in [0.1, 0.15) is 31.0 Å². The highest BCUT2D eigenvalue weighted by Gasteiger charge is 3.02. The van der Waals surface area contributed by atoms with E-state index in [0.29, 0.717) is 0 Å².